The Bertz CT molecular complexity index is 730. The van der Waals surface area contributed by atoms with Gasteiger partial charge in [0.2, 0.25) is 0 Å². The summed E-state index contributed by atoms with van der Waals surface area (Å²) in [7, 11) is 0. The molecule has 1 amide bonds. The largest absolute Gasteiger partial charge is 0.451 e. The lowest BCUT2D eigenvalue weighted by molar-refractivity contribution is -0.119. The lowest BCUT2D eigenvalue weighted by Gasteiger charge is -2.14. The number of allylic oxidation sites excluding steroid dienone is 3. The van der Waals surface area contributed by atoms with Crippen LogP contribution in [0.2, 0.25) is 10.0 Å². The van der Waals surface area contributed by atoms with Gasteiger partial charge in [-0.1, -0.05) is 81.8 Å². The standard InChI is InChI=1S/C23H32Cl2FNO2/c1-5-6-7-8-9-10-11-12-13-19(23(28)27-15-16(2)3)29-20-14-18(26)22(25)21(24)17(20)4/h11-14,16H,5-10,15H2,1-4H3,(H,27,28)/b12-11+,19-13+. The van der Waals surface area contributed by atoms with Gasteiger partial charge in [-0.25, -0.2) is 4.39 Å². The average molecular weight is 444 g/mol. The highest BCUT2D eigenvalue weighted by Gasteiger charge is 2.18. The Labute approximate surface area is 184 Å². The van der Waals surface area contributed by atoms with E-state index in [1.165, 1.54) is 25.7 Å². The molecule has 1 aromatic carbocycles. The van der Waals surface area contributed by atoms with Crippen LogP contribution in [0.3, 0.4) is 0 Å². The van der Waals surface area contributed by atoms with Crippen molar-refractivity contribution in [2.45, 2.75) is 66.2 Å². The summed E-state index contributed by atoms with van der Waals surface area (Å²) in [6.45, 7) is 8.37. The van der Waals surface area contributed by atoms with Crippen LogP contribution >= 0.6 is 23.2 Å². The van der Waals surface area contributed by atoms with Crippen LogP contribution in [0.5, 0.6) is 5.75 Å². The third-order valence-corrected chi connectivity index (χ3v) is 5.27. The number of halogens is 3. The van der Waals surface area contributed by atoms with Gasteiger partial charge in [0, 0.05) is 18.2 Å². The van der Waals surface area contributed by atoms with Crippen molar-refractivity contribution < 1.29 is 13.9 Å². The van der Waals surface area contributed by atoms with Crippen LogP contribution in [0.4, 0.5) is 4.39 Å². The van der Waals surface area contributed by atoms with Crippen molar-refractivity contribution in [3.05, 3.63) is 51.5 Å². The van der Waals surface area contributed by atoms with Crippen LogP contribution in [-0.4, -0.2) is 12.5 Å². The fourth-order valence-corrected chi connectivity index (χ4v) is 2.93. The summed E-state index contributed by atoms with van der Waals surface area (Å²) in [5, 5.41) is 2.74. The minimum absolute atomic E-state index is 0.0752. The first-order valence-corrected chi connectivity index (χ1v) is 11.0. The molecule has 0 bridgehead atoms. The molecule has 1 N–H and O–H groups in total. The highest BCUT2D eigenvalue weighted by Crippen LogP contribution is 2.35. The third-order valence-electron chi connectivity index (χ3n) is 4.33. The van der Waals surface area contributed by atoms with Crippen molar-refractivity contribution in [3.8, 4) is 5.75 Å². The number of hydrogen-bond donors (Lipinski definition) is 1. The van der Waals surface area contributed by atoms with Gasteiger partial charge >= 0.3 is 0 Å². The first kappa shape index (κ1) is 25.5. The van der Waals surface area contributed by atoms with E-state index in [1.807, 2.05) is 19.9 Å². The molecule has 6 heteroatoms. The number of benzene rings is 1. The second kappa shape index (κ2) is 13.7. The predicted molar refractivity (Wildman–Crippen MR) is 120 cm³/mol. The van der Waals surface area contributed by atoms with Crippen molar-refractivity contribution in [1.82, 2.24) is 5.32 Å². The molecule has 0 saturated heterocycles. The molecule has 29 heavy (non-hydrogen) atoms. The van der Waals surface area contributed by atoms with Crippen LogP contribution in [-0.2, 0) is 4.79 Å². The normalized spacial score (nSPS) is 12.1. The van der Waals surface area contributed by atoms with E-state index in [4.69, 9.17) is 27.9 Å². The third kappa shape index (κ3) is 9.22. The smallest absolute Gasteiger partial charge is 0.287 e. The Hall–Kier alpha value is -1.52. The van der Waals surface area contributed by atoms with E-state index >= 15 is 0 Å². The van der Waals surface area contributed by atoms with Crippen molar-refractivity contribution >= 4 is 29.1 Å². The van der Waals surface area contributed by atoms with Gasteiger partial charge in [-0.3, -0.25) is 4.79 Å². The summed E-state index contributed by atoms with van der Waals surface area (Å²) in [5.41, 5.74) is 0.473. The van der Waals surface area contributed by atoms with Crippen LogP contribution in [0.1, 0.15) is 64.9 Å². The van der Waals surface area contributed by atoms with Gasteiger partial charge in [0.05, 0.1) is 10.0 Å². The van der Waals surface area contributed by atoms with E-state index in [-0.39, 0.29) is 27.5 Å². The molecule has 0 spiro atoms. The summed E-state index contributed by atoms with van der Waals surface area (Å²) in [6.07, 6.45) is 12.4. The quantitative estimate of drug-likeness (QED) is 0.120. The van der Waals surface area contributed by atoms with Gasteiger partial charge in [-0.05, 0) is 31.8 Å². The van der Waals surface area contributed by atoms with Crippen molar-refractivity contribution in [2.75, 3.05) is 6.54 Å². The Morgan fingerprint density at radius 1 is 1.21 bits per heavy atom. The molecule has 0 aliphatic heterocycles. The van der Waals surface area contributed by atoms with Crippen LogP contribution < -0.4 is 10.1 Å². The molecule has 1 rings (SSSR count). The van der Waals surface area contributed by atoms with Crippen molar-refractivity contribution in [1.29, 1.82) is 0 Å². The first-order chi connectivity index (χ1) is 13.8. The molecule has 0 radical (unpaired) electrons. The lowest BCUT2D eigenvalue weighted by Crippen LogP contribution is -2.30. The van der Waals surface area contributed by atoms with Crippen molar-refractivity contribution in [2.24, 2.45) is 5.92 Å². The fourth-order valence-electron chi connectivity index (χ4n) is 2.55. The van der Waals surface area contributed by atoms with Crippen LogP contribution in [0.15, 0.2) is 30.1 Å². The molecule has 1 aromatic rings. The Morgan fingerprint density at radius 3 is 2.55 bits per heavy atom. The second-order valence-electron chi connectivity index (χ2n) is 7.48. The SMILES string of the molecule is CCCCCCC/C=C/C=C(/Oc1cc(F)c(Cl)c(Cl)c1C)C(=O)NCC(C)C. The predicted octanol–water partition coefficient (Wildman–Crippen LogP) is 7.39. The maximum absolute atomic E-state index is 14.0. The zero-order chi connectivity index (χ0) is 21.8. The van der Waals surface area contributed by atoms with E-state index < -0.39 is 5.82 Å². The van der Waals surface area contributed by atoms with E-state index in [0.717, 1.165) is 18.9 Å². The summed E-state index contributed by atoms with van der Waals surface area (Å²) < 4.78 is 19.7. The summed E-state index contributed by atoms with van der Waals surface area (Å²) in [5.74, 6) is -0.522. The summed E-state index contributed by atoms with van der Waals surface area (Å²) >= 11 is 11.9. The lowest BCUT2D eigenvalue weighted by atomic mass is 10.1. The van der Waals surface area contributed by atoms with Gasteiger partial charge in [-0.2, -0.15) is 0 Å². The van der Waals surface area contributed by atoms with E-state index in [0.29, 0.717) is 18.0 Å². The number of rotatable bonds is 12. The molecular weight excluding hydrogens is 412 g/mol. The first-order valence-electron chi connectivity index (χ1n) is 10.2. The van der Waals surface area contributed by atoms with E-state index in [9.17, 15) is 9.18 Å². The highest BCUT2D eigenvalue weighted by molar-refractivity contribution is 6.42. The molecule has 0 fully saturated rings. The molecule has 162 valence electrons. The number of ether oxygens (including phenoxy) is 1. The number of hydrogen-bond acceptors (Lipinski definition) is 2. The maximum atomic E-state index is 14.0. The molecule has 0 aliphatic carbocycles. The summed E-state index contributed by atoms with van der Waals surface area (Å²) in [4.78, 5) is 12.5. The molecule has 0 heterocycles. The monoisotopic (exact) mass is 443 g/mol. The minimum Gasteiger partial charge on any atom is -0.451 e. The maximum Gasteiger partial charge on any atom is 0.287 e. The van der Waals surface area contributed by atoms with Gasteiger partial charge < -0.3 is 10.1 Å². The molecule has 0 aliphatic rings. The van der Waals surface area contributed by atoms with E-state index in [2.05, 4.69) is 12.2 Å². The number of carbonyl (C=O) groups excluding carboxylic acids is 1. The zero-order valence-electron chi connectivity index (χ0n) is 17.8. The Balaban J connectivity index is 2.90. The van der Waals surface area contributed by atoms with Crippen LogP contribution in [0.25, 0.3) is 0 Å². The summed E-state index contributed by atoms with van der Waals surface area (Å²) in [6, 6.07) is 1.14. The molecule has 3 nitrogen and oxygen atoms in total. The van der Waals surface area contributed by atoms with Gasteiger partial charge in [0.1, 0.15) is 11.6 Å². The van der Waals surface area contributed by atoms with Gasteiger partial charge in [0.15, 0.2) is 5.76 Å². The number of carbonyl (C=O) groups is 1. The molecule has 0 unspecified atom stereocenters. The fraction of sp³-hybridized carbons (Fsp3) is 0.522. The average Bonchev–Trinajstić information content (AvgIpc) is 2.69. The van der Waals surface area contributed by atoms with Gasteiger partial charge in [0.25, 0.3) is 5.91 Å². The topological polar surface area (TPSA) is 38.3 Å². The number of unbranched alkanes of at least 4 members (excludes halogenated alkanes) is 5. The molecule has 0 atom stereocenters. The molecule has 0 saturated carbocycles. The minimum atomic E-state index is -0.693. The second-order valence-corrected chi connectivity index (χ2v) is 8.23. The van der Waals surface area contributed by atoms with E-state index in [1.54, 1.807) is 19.1 Å². The Kier molecular flexibility index (Phi) is 12.0. The van der Waals surface area contributed by atoms with Crippen LogP contribution in [0, 0.1) is 18.7 Å². The highest BCUT2D eigenvalue weighted by atomic mass is 35.5. The van der Waals surface area contributed by atoms with Gasteiger partial charge in [-0.15, -0.1) is 0 Å². The molecule has 0 aromatic heterocycles. The number of nitrogens with one attached hydrogen (secondary N) is 1. The van der Waals surface area contributed by atoms with Crippen molar-refractivity contribution in [3.63, 3.8) is 0 Å². The number of amides is 1. The molecular formula is C23H32Cl2FNO2. The zero-order valence-corrected chi connectivity index (χ0v) is 19.3. The Morgan fingerprint density at radius 2 is 1.90 bits per heavy atom.